The number of rotatable bonds is 7. The molecule has 0 saturated carbocycles. The van der Waals surface area contributed by atoms with Crippen molar-refractivity contribution in [1.82, 2.24) is 14.6 Å². The van der Waals surface area contributed by atoms with E-state index in [0.29, 0.717) is 25.2 Å². The van der Waals surface area contributed by atoms with Crippen LogP contribution in [0.5, 0.6) is 0 Å². The fraction of sp³-hybridized carbons (Fsp3) is 0.429. The molecular weight excluding hydrogens is 410 g/mol. The Kier molecular flexibility index (Phi) is 7.27. The first-order valence-corrected chi connectivity index (χ1v) is 12.0. The lowest BCUT2D eigenvalue weighted by molar-refractivity contribution is 0.0953. The first-order chi connectivity index (χ1) is 13.8. The van der Waals surface area contributed by atoms with Gasteiger partial charge in [0.1, 0.15) is 0 Å². The monoisotopic (exact) mass is 435 g/mol. The van der Waals surface area contributed by atoms with Crippen molar-refractivity contribution in [3.8, 4) is 0 Å². The number of benzene rings is 1. The summed E-state index contributed by atoms with van der Waals surface area (Å²) in [5.41, 5.74) is 2.40. The fourth-order valence-corrected chi connectivity index (χ4v) is 4.69. The Morgan fingerprint density at radius 2 is 2.07 bits per heavy atom. The van der Waals surface area contributed by atoms with Gasteiger partial charge in [-0.1, -0.05) is 29.8 Å². The van der Waals surface area contributed by atoms with Gasteiger partial charge in [0.2, 0.25) is 10.0 Å². The maximum atomic E-state index is 12.3. The summed E-state index contributed by atoms with van der Waals surface area (Å²) in [4.78, 5) is 16.8. The number of pyridine rings is 1. The van der Waals surface area contributed by atoms with Crippen LogP contribution in [0.1, 0.15) is 46.8 Å². The van der Waals surface area contributed by atoms with Crippen LogP contribution in [0.4, 0.5) is 0 Å². The minimum absolute atomic E-state index is 0.0613. The summed E-state index contributed by atoms with van der Waals surface area (Å²) in [6.07, 6.45) is 6.11. The van der Waals surface area contributed by atoms with Crippen LogP contribution in [0.15, 0.2) is 42.6 Å². The Bertz CT molecular complexity index is 948. The van der Waals surface area contributed by atoms with Crippen molar-refractivity contribution in [2.45, 2.75) is 31.6 Å². The van der Waals surface area contributed by atoms with Gasteiger partial charge in [0.05, 0.1) is 11.8 Å². The minimum Gasteiger partial charge on any atom is -0.352 e. The highest BCUT2D eigenvalue weighted by molar-refractivity contribution is 7.88. The Balaban J connectivity index is 1.50. The van der Waals surface area contributed by atoms with E-state index >= 15 is 0 Å². The molecule has 1 N–H and O–H groups in total. The lowest BCUT2D eigenvalue weighted by atomic mass is 9.95. The maximum Gasteiger partial charge on any atom is 0.252 e. The molecule has 8 heteroatoms. The van der Waals surface area contributed by atoms with E-state index in [4.69, 9.17) is 11.6 Å². The van der Waals surface area contributed by atoms with Crippen molar-refractivity contribution in [3.05, 3.63) is 64.4 Å². The third-order valence-corrected chi connectivity index (χ3v) is 6.82. The molecule has 29 heavy (non-hydrogen) atoms. The third-order valence-electron chi connectivity index (χ3n) is 5.19. The second kappa shape index (κ2) is 9.69. The summed E-state index contributed by atoms with van der Waals surface area (Å²) in [7, 11) is -3.19. The number of piperidine rings is 1. The molecule has 156 valence electrons. The number of sulfonamides is 1. The molecular formula is C21H26ClN3O3S. The number of aryl methyl sites for hydroxylation is 1. The van der Waals surface area contributed by atoms with Gasteiger partial charge in [0, 0.05) is 42.5 Å². The number of carbonyl (C=O) groups is 1. The van der Waals surface area contributed by atoms with Crippen molar-refractivity contribution < 1.29 is 13.2 Å². The molecule has 0 radical (unpaired) electrons. The normalized spacial score (nSPS) is 17.8. The highest BCUT2D eigenvalue weighted by Crippen LogP contribution is 2.26. The molecule has 1 aromatic heterocycles. The summed E-state index contributed by atoms with van der Waals surface area (Å²) < 4.78 is 25.1. The maximum absolute atomic E-state index is 12.3. The van der Waals surface area contributed by atoms with Gasteiger partial charge in [0.25, 0.3) is 5.91 Å². The van der Waals surface area contributed by atoms with Gasteiger partial charge < -0.3 is 5.32 Å². The van der Waals surface area contributed by atoms with E-state index in [-0.39, 0.29) is 11.8 Å². The van der Waals surface area contributed by atoms with Gasteiger partial charge >= 0.3 is 0 Å². The van der Waals surface area contributed by atoms with Crippen LogP contribution in [-0.4, -0.2) is 49.5 Å². The van der Waals surface area contributed by atoms with Crippen LogP contribution in [0.2, 0.25) is 5.02 Å². The summed E-state index contributed by atoms with van der Waals surface area (Å²) in [5, 5.41) is 3.65. The minimum atomic E-state index is -3.19. The topological polar surface area (TPSA) is 79.4 Å². The van der Waals surface area contributed by atoms with Crippen molar-refractivity contribution in [1.29, 1.82) is 0 Å². The zero-order valence-electron chi connectivity index (χ0n) is 16.5. The molecule has 1 saturated heterocycles. The van der Waals surface area contributed by atoms with Crippen molar-refractivity contribution >= 4 is 27.5 Å². The van der Waals surface area contributed by atoms with Gasteiger partial charge in [-0.25, -0.2) is 12.7 Å². The van der Waals surface area contributed by atoms with E-state index < -0.39 is 10.0 Å². The average molecular weight is 436 g/mol. The molecule has 1 atom stereocenters. The molecule has 1 aliphatic heterocycles. The molecule has 2 heterocycles. The van der Waals surface area contributed by atoms with Crippen LogP contribution in [0.25, 0.3) is 0 Å². The number of amides is 1. The van der Waals surface area contributed by atoms with Crippen molar-refractivity contribution in [3.63, 3.8) is 0 Å². The molecule has 1 fully saturated rings. The second-order valence-electron chi connectivity index (χ2n) is 7.38. The Hall–Kier alpha value is -1.96. The standard InChI is InChI=1S/C21H26ClN3O3S/c1-29(27,28)25-13-5-8-18(15-25)20-11-10-17(14-24-20)21(26)23-12-4-7-16-6-2-3-9-19(16)22/h2-3,6,9-11,14,18H,4-5,7-8,12-13,15H2,1H3,(H,23,26). The fourth-order valence-electron chi connectivity index (χ4n) is 3.55. The number of carbonyl (C=O) groups excluding carboxylic acids is 1. The molecule has 1 unspecified atom stereocenters. The number of hydrogen-bond acceptors (Lipinski definition) is 4. The molecule has 2 aromatic rings. The van der Waals surface area contributed by atoms with E-state index in [2.05, 4.69) is 10.3 Å². The van der Waals surface area contributed by atoms with E-state index in [1.165, 1.54) is 10.6 Å². The highest BCUT2D eigenvalue weighted by atomic mass is 35.5. The number of aromatic nitrogens is 1. The van der Waals surface area contributed by atoms with Crippen LogP contribution < -0.4 is 5.32 Å². The van der Waals surface area contributed by atoms with Gasteiger partial charge in [0.15, 0.2) is 0 Å². The van der Waals surface area contributed by atoms with Crippen molar-refractivity contribution in [2.75, 3.05) is 25.9 Å². The first kappa shape index (κ1) is 21.7. The summed E-state index contributed by atoms with van der Waals surface area (Å²) in [6.45, 7) is 1.56. The predicted octanol–water partition coefficient (Wildman–Crippen LogP) is 3.24. The number of hydrogen-bond donors (Lipinski definition) is 1. The molecule has 3 rings (SSSR count). The number of halogens is 1. The molecule has 1 amide bonds. The molecule has 6 nitrogen and oxygen atoms in total. The average Bonchev–Trinajstić information content (AvgIpc) is 2.72. The van der Waals surface area contributed by atoms with E-state index in [9.17, 15) is 13.2 Å². The lowest BCUT2D eigenvalue weighted by Gasteiger charge is -2.30. The molecule has 0 spiro atoms. The summed E-state index contributed by atoms with van der Waals surface area (Å²) in [5.74, 6) is -0.101. The van der Waals surface area contributed by atoms with Crippen LogP contribution in [0.3, 0.4) is 0 Å². The smallest absolute Gasteiger partial charge is 0.252 e. The largest absolute Gasteiger partial charge is 0.352 e. The van der Waals surface area contributed by atoms with E-state index in [0.717, 1.165) is 42.0 Å². The third kappa shape index (κ3) is 6.01. The van der Waals surface area contributed by atoms with E-state index in [1.807, 2.05) is 30.3 Å². The predicted molar refractivity (Wildman–Crippen MR) is 115 cm³/mol. The van der Waals surface area contributed by atoms with Gasteiger partial charge in [-0.3, -0.25) is 9.78 Å². The SMILES string of the molecule is CS(=O)(=O)N1CCCC(c2ccc(C(=O)NCCCc3ccccc3Cl)cn2)C1. The number of nitrogens with one attached hydrogen (secondary N) is 1. The molecule has 0 bridgehead atoms. The summed E-state index contributed by atoms with van der Waals surface area (Å²) >= 11 is 6.14. The highest BCUT2D eigenvalue weighted by Gasteiger charge is 2.27. The van der Waals surface area contributed by atoms with Gasteiger partial charge in [-0.2, -0.15) is 0 Å². The van der Waals surface area contributed by atoms with Crippen LogP contribution in [-0.2, 0) is 16.4 Å². The molecule has 0 aliphatic carbocycles. The van der Waals surface area contributed by atoms with Crippen LogP contribution in [0, 0.1) is 0 Å². The Morgan fingerprint density at radius 3 is 2.76 bits per heavy atom. The van der Waals surface area contributed by atoms with Gasteiger partial charge in [-0.15, -0.1) is 0 Å². The zero-order chi connectivity index (χ0) is 20.9. The second-order valence-corrected chi connectivity index (χ2v) is 9.77. The molecule has 1 aromatic carbocycles. The van der Waals surface area contributed by atoms with Crippen molar-refractivity contribution in [2.24, 2.45) is 0 Å². The Morgan fingerprint density at radius 1 is 1.28 bits per heavy atom. The lowest BCUT2D eigenvalue weighted by Crippen LogP contribution is -2.38. The van der Waals surface area contributed by atoms with Crippen LogP contribution >= 0.6 is 11.6 Å². The quantitative estimate of drug-likeness (QED) is 0.677. The summed E-state index contributed by atoms with van der Waals surface area (Å²) in [6, 6.07) is 11.3. The van der Waals surface area contributed by atoms with Gasteiger partial charge in [-0.05, 0) is 49.4 Å². The zero-order valence-corrected chi connectivity index (χ0v) is 18.0. The van der Waals surface area contributed by atoms with E-state index in [1.54, 1.807) is 12.3 Å². The number of nitrogens with zero attached hydrogens (tertiary/aromatic N) is 2. The first-order valence-electron chi connectivity index (χ1n) is 9.77. The molecule has 1 aliphatic rings. The Labute approximate surface area is 177 Å².